The number of benzene rings is 1. The Kier molecular flexibility index (Phi) is 11.8. The normalized spacial score (nSPS) is 10.8. The fourth-order valence-electron chi connectivity index (χ4n) is 2.46. The van der Waals surface area contributed by atoms with E-state index in [0.717, 1.165) is 25.9 Å². The van der Waals surface area contributed by atoms with Crippen molar-refractivity contribution in [3.8, 4) is 5.75 Å². The van der Waals surface area contributed by atoms with Crippen LogP contribution in [0.1, 0.15) is 65.2 Å². The van der Waals surface area contributed by atoms with Gasteiger partial charge in [0.2, 0.25) is 0 Å². The third kappa shape index (κ3) is 10.3. The maximum Gasteiger partial charge on any atom is 0.362 e. The smallest absolute Gasteiger partial charge is 0.362 e. The standard InChI is InChI=1S/C20H33NO3/c1-3-5-7-12-16-21(17-13-8-6-4-2)24-20(22)18-23-19-14-10-9-11-15-19/h9-11,14-15H,3-8,12-13,16-18H2,1-2H3. The van der Waals surface area contributed by atoms with Gasteiger partial charge in [-0.1, -0.05) is 70.6 Å². The van der Waals surface area contributed by atoms with Crippen LogP contribution in [0.25, 0.3) is 0 Å². The van der Waals surface area contributed by atoms with Crippen molar-refractivity contribution in [2.75, 3.05) is 19.7 Å². The number of para-hydroxylation sites is 1. The summed E-state index contributed by atoms with van der Waals surface area (Å²) >= 11 is 0. The molecule has 1 rings (SSSR count). The Labute approximate surface area is 147 Å². The van der Waals surface area contributed by atoms with E-state index in [9.17, 15) is 4.79 Å². The summed E-state index contributed by atoms with van der Waals surface area (Å²) in [5.41, 5.74) is 0. The Morgan fingerprint density at radius 2 is 1.46 bits per heavy atom. The molecular formula is C20H33NO3. The van der Waals surface area contributed by atoms with E-state index < -0.39 is 0 Å². The van der Waals surface area contributed by atoms with E-state index in [-0.39, 0.29) is 12.6 Å². The van der Waals surface area contributed by atoms with Crippen LogP contribution in [0.15, 0.2) is 30.3 Å². The third-order valence-electron chi connectivity index (χ3n) is 3.85. The van der Waals surface area contributed by atoms with Crippen molar-refractivity contribution in [1.29, 1.82) is 0 Å². The van der Waals surface area contributed by atoms with Crippen LogP contribution in [0, 0.1) is 0 Å². The molecule has 0 aliphatic heterocycles. The van der Waals surface area contributed by atoms with Crippen LogP contribution in [0.2, 0.25) is 0 Å². The molecule has 0 amide bonds. The molecule has 0 bridgehead atoms. The van der Waals surface area contributed by atoms with Crippen molar-refractivity contribution in [2.45, 2.75) is 65.2 Å². The maximum atomic E-state index is 12.0. The number of carbonyl (C=O) groups is 1. The molecule has 24 heavy (non-hydrogen) atoms. The molecule has 0 aliphatic carbocycles. The molecule has 0 aromatic heterocycles. The Morgan fingerprint density at radius 3 is 2.00 bits per heavy atom. The molecule has 0 aliphatic rings. The molecule has 0 N–H and O–H groups in total. The SMILES string of the molecule is CCCCCCN(CCCCCC)OC(=O)COc1ccccc1. The molecule has 4 nitrogen and oxygen atoms in total. The minimum absolute atomic E-state index is 0.0512. The number of hydrogen-bond acceptors (Lipinski definition) is 4. The van der Waals surface area contributed by atoms with E-state index in [0.29, 0.717) is 5.75 Å². The van der Waals surface area contributed by atoms with E-state index in [4.69, 9.17) is 9.57 Å². The molecule has 0 fully saturated rings. The maximum absolute atomic E-state index is 12.0. The highest BCUT2D eigenvalue weighted by Crippen LogP contribution is 2.09. The second-order valence-corrected chi connectivity index (χ2v) is 6.12. The second kappa shape index (κ2) is 13.8. The van der Waals surface area contributed by atoms with E-state index in [1.807, 2.05) is 35.4 Å². The van der Waals surface area contributed by atoms with Crippen LogP contribution in [-0.2, 0) is 9.63 Å². The van der Waals surface area contributed by atoms with Gasteiger partial charge in [-0.15, -0.1) is 5.06 Å². The van der Waals surface area contributed by atoms with E-state index in [2.05, 4.69) is 13.8 Å². The Morgan fingerprint density at radius 1 is 0.875 bits per heavy atom. The lowest BCUT2D eigenvalue weighted by Crippen LogP contribution is -2.31. The van der Waals surface area contributed by atoms with Crippen molar-refractivity contribution in [3.05, 3.63) is 30.3 Å². The van der Waals surface area contributed by atoms with Gasteiger partial charge >= 0.3 is 5.97 Å². The predicted molar refractivity (Wildman–Crippen MR) is 97.9 cm³/mol. The Balaban J connectivity index is 2.32. The van der Waals surface area contributed by atoms with Gasteiger partial charge in [-0.2, -0.15) is 0 Å². The highest BCUT2D eigenvalue weighted by molar-refractivity contribution is 5.70. The van der Waals surface area contributed by atoms with Gasteiger partial charge in [0.1, 0.15) is 5.75 Å². The number of ether oxygens (including phenoxy) is 1. The molecule has 4 heteroatoms. The third-order valence-corrected chi connectivity index (χ3v) is 3.85. The number of hydrogen-bond donors (Lipinski definition) is 0. The minimum Gasteiger partial charge on any atom is -0.482 e. The lowest BCUT2D eigenvalue weighted by molar-refractivity contribution is -0.193. The van der Waals surface area contributed by atoms with Crippen molar-refractivity contribution >= 4 is 5.97 Å². The molecule has 0 atom stereocenters. The summed E-state index contributed by atoms with van der Waals surface area (Å²) in [7, 11) is 0. The highest BCUT2D eigenvalue weighted by Gasteiger charge is 2.12. The van der Waals surface area contributed by atoms with Crippen molar-refractivity contribution in [2.24, 2.45) is 0 Å². The Bertz CT molecular complexity index is 410. The fraction of sp³-hybridized carbons (Fsp3) is 0.650. The average molecular weight is 335 g/mol. The number of rotatable bonds is 14. The van der Waals surface area contributed by atoms with Crippen LogP contribution in [0.3, 0.4) is 0 Å². The molecule has 0 radical (unpaired) electrons. The van der Waals surface area contributed by atoms with Crippen LogP contribution in [-0.4, -0.2) is 30.7 Å². The summed E-state index contributed by atoms with van der Waals surface area (Å²) < 4.78 is 5.45. The zero-order valence-corrected chi connectivity index (χ0v) is 15.3. The van der Waals surface area contributed by atoms with Gasteiger partial charge in [0.15, 0.2) is 6.61 Å². The van der Waals surface area contributed by atoms with Crippen LogP contribution in [0.5, 0.6) is 5.75 Å². The fourth-order valence-corrected chi connectivity index (χ4v) is 2.46. The van der Waals surface area contributed by atoms with Crippen molar-refractivity contribution in [3.63, 3.8) is 0 Å². The zero-order valence-electron chi connectivity index (χ0n) is 15.3. The zero-order chi connectivity index (χ0) is 17.5. The van der Waals surface area contributed by atoms with Gasteiger partial charge in [-0.3, -0.25) is 0 Å². The first-order chi connectivity index (χ1) is 11.8. The number of nitrogens with zero attached hydrogens (tertiary/aromatic N) is 1. The van der Waals surface area contributed by atoms with Gasteiger partial charge in [0, 0.05) is 13.1 Å². The summed E-state index contributed by atoms with van der Waals surface area (Å²) in [5, 5.41) is 1.82. The van der Waals surface area contributed by atoms with Gasteiger partial charge in [-0.25, -0.2) is 4.79 Å². The van der Waals surface area contributed by atoms with E-state index in [1.165, 1.54) is 38.5 Å². The molecule has 1 aromatic rings. The molecule has 0 saturated carbocycles. The van der Waals surface area contributed by atoms with Crippen molar-refractivity contribution in [1.82, 2.24) is 5.06 Å². The van der Waals surface area contributed by atoms with Gasteiger partial charge in [0.25, 0.3) is 0 Å². The number of carbonyl (C=O) groups excluding carboxylic acids is 1. The summed E-state index contributed by atoms with van der Waals surface area (Å²) in [4.78, 5) is 17.5. The Hall–Kier alpha value is -1.55. The average Bonchev–Trinajstić information content (AvgIpc) is 2.61. The molecule has 0 unspecified atom stereocenters. The van der Waals surface area contributed by atoms with E-state index >= 15 is 0 Å². The van der Waals surface area contributed by atoms with E-state index in [1.54, 1.807) is 0 Å². The monoisotopic (exact) mass is 335 g/mol. The summed E-state index contributed by atoms with van der Waals surface area (Å²) in [5.74, 6) is 0.358. The lowest BCUT2D eigenvalue weighted by atomic mass is 10.2. The molecule has 0 saturated heterocycles. The first kappa shape index (κ1) is 20.5. The molecule has 136 valence electrons. The lowest BCUT2D eigenvalue weighted by Gasteiger charge is -2.21. The van der Waals surface area contributed by atoms with Gasteiger partial charge in [-0.05, 0) is 25.0 Å². The van der Waals surface area contributed by atoms with Gasteiger partial charge < -0.3 is 9.57 Å². The van der Waals surface area contributed by atoms with Crippen LogP contribution < -0.4 is 4.74 Å². The topological polar surface area (TPSA) is 38.8 Å². The molecular weight excluding hydrogens is 302 g/mol. The largest absolute Gasteiger partial charge is 0.482 e. The second-order valence-electron chi connectivity index (χ2n) is 6.12. The van der Waals surface area contributed by atoms with Crippen LogP contribution >= 0.6 is 0 Å². The van der Waals surface area contributed by atoms with Gasteiger partial charge in [0.05, 0.1) is 0 Å². The summed E-state index contributed by atoms with van der Waals surface area (Å²) in [6.45, 7) is 5.96. The minimum atomic E-state index is -0.329. The first-order valence-corrected chi connectivity index (χ1v) is 9.39. The molecule has 0 heterocycles. The van der Waals surface area contributed by atoms with Crippen molar-refractivity contribution < 1.29 is 14.4 Å². The quantitative estimate of drug-likeness (QED) is 0.355. The molecule has 1 aromatic carbocycles. The summed E-state index contributed by atoms with van der Waals surface area (Å²) in [6, 6.07) is 9.35. The van der Waals surface area contributed by atoms with Crippen LogP contribution in [0.4, 0.5) is 0 Å². The predicted octanol–water partition coefficient (Wildman–Crippen LogP) is 4.99. The summed E-state index contributed by atoms with van der Waals surface area (Å²) in [6.07, 6.45) is 9.37. The number of hydroxylamine groups is 2. The first-order valence-electron chi connectivity index (χ1n) is 9.39. The highest BCUT2D eigenvalue weighted by atomic mass is 16.7. The number of unbranched alkanes of at least 4 members (excludes halogenated alkanes) is 6. The molecule has 0 spiro atoms.